The van der Waals surface area contributed by atoms with Crippen molar-refractivity contribution in [1.29, 1.82) is 0 Å². The first-order chi connectivity index (χ1) is 8.41. The number of benzene rings is 1. The molecule has 1 aromatic rings. The molecule has 6 heteroatoms. The van der Waals surface area contributed by atoms with Crippen LogP contribution in [0.25, 0.3) is 0 Å². The van der Waals surface area contributed by atoms with Crippen molar-refractivity contribution >= 4 is 11.6 Å². The molecule has 0 radical (unpaired) electrons. The Kier molecular flexibility index (Phi) is 3.82. The Bertz CT molecular complexity index is 446. The molecule has 0 aliphatic heterocycles. The Balaban J connectivity index is 2.11. The quantitative estimate of drug-likeness (QED) is 0.660. The minimum absolute atomic E-state index is 0.0825. The Hall–Kier alpha value is -0.810. The van der Waals surface area contributed by atoms with Crippen molar-refractivity contribution in [3.63, 3.8) is 0 Å². The normalized spacial score (nSPS) is 25.1. The van der Waals surface area contributed by atoms with Crippen LogP contribution in [0.15, 0.2) is 12.1 Å². The monoisotopic (exact) mass is 281 g/mol. The van der Waals surface area contributed by atoms with Crippen LogP contribution in [0.2, 0.25) is 5.02 Å². The Labute approximate surface area is 107 Å². The van der Waals surface area contributed by atoms with Gasteiger partial charge in [0.25, 0.3) is 0 Å². The lowest BCUT2D eigenvalue weighted by atomic mass is 9.70. The van der Waals surface area contributed by atoms with Crippen molar-refractivity contribution in [3.8, 4) is 0 Å². The summed E-state index contributed by atoms with van der Waals surface area (Å²) < 4.78 is 51.3. The first-order valence-electron chi connectivity index (χ1n) is 5.59. The van der Waals surface area contributed by atoms with E-state index in [0.717, 1.165) is 6.07 Å². The first-order valence-corrected chi connectivity index (χ1v) is 5.96. The maximum atomic E-state index is 13.7. The zero-order chi connectivity index (χ0) is 13.4. The average molecular weight is 282 g/mol. The summed E-state index contributed by atoms with van der Waals surface area (Å²) in [6, 6.07) is 1.53. The van der Waals surface area contributed by atoms with Gasteiger partial charge in [0.2, 0.25) is 6.43 Å². The fraction of sp³-hybridized carbons (Fsp3) is 0.500. The summed E-state index contributed by atoms with van der Waals surface area (Å²) in [4.78, 5) is 0. The van der Waals surface area contributed by atoms with E-state index in [2.05, 4.69) is 0 Å². The first kappa shape index (κ1) is 13.6. The third-order valence-corrected chi connectivity index (χ3v) is 3.85. The molecule has 1 atom stereocenters. The molecule has 0 spiro atoms. The minimum Gasteiger partial charge on any atom is -0.324 e. The molecule has 2 rings (SSSR count). The molecule has 1 aliphatic rings. The minimum atomic E-state index is -2.37. The molecule has 1 fully saturated rings. The maximum Gasteiger partial charge on any atom is 0.241 e. The number of hydrogen-bond donors (Lipinski definition) is 1. The van der Waals surface area contributed by atoms with E-state index >= 15 is 0 Å². The summed E-state index contributed by atoms with van der Waals surface area (Å²) in [6.45, 7) is 0. The van der Waals surface area contributed by atoms with Crippen LogP contribution >= 0.6 is 11.6 Å². The van der Waals surface area contributed by atoms with Gasteiger partial charge in [-0.15, -0.1) is 0 Å². The smallest absolute Gasteiger partial charge is 0.241 e. The largest absolute Gasteiger partial charge is 0.324 e. The maximum absolute atomic E-state index is 13.7. The third kappa shape index (κ3) is 2.34. The molecule has 18 heavy (non-hydrogen) atoms. The molecule has 1 aromatic carbocycles. The molecule has 1 aliphatic carbocycles. The summed E-state index contributed by atoms with van der Waals surface area (Å²) in [5.74, 6) is -2.63. The molecular weight excluding hydrogens is 270 g/mol. The van der Waals surface area contributed by atoms with Crippen LogP contribution in [0.3, 0.4) is 0 Å². The number of rotatable bonds is 3. The summed E-state index contributed by atoms with van der Waals surface area (Å²) >= 11 is 5.45. The summed E-state index contributed by atoms with van der Waals surface area (Å²) in [7, 11) is 0. The van der Waals surface area contributed by atoms with Gasteiger partial charge in [-0.2, -0.15) is 0 Å². The Morgan fingerprint density at radius 1 is 1.17 bits per heavy atom. The highest BCUT2D eigenvalue weighted by Crippen LogP contribution is 2.44. The van der Waals surface area contributed by atoms with E-state index in [4.69, 9.17) is 17.3 Å². The van der Waals surface area contributed by atoms with Gasteiger partial charge in [-0.25, -0.2) is 17.6 Å². The zero-order valence-corrected chi connectivity index (χ0v) is 10.1. The predicted molar refractivity (Wildman–Crippen MR) is 60.5 cm³/mol. The number of hydrogen-bond acceptors (Lipinski definition) is 1. The van der Waals surface area contributed by atoms with E-state index in [-0.39, 0.29) is 24.3 Å². The lowest BCUT2D eigenvalue weighted by Crippen LogP contribution is -2.37. The second kappa shape index (κ2) is 5.05. The Morgan fingerprint density at radius 2 is 1.78 bits per heavy atom. The molecule has 0 saturated heterocycles. The van der Waals surface area contributed by atoms with Crippen LogP contribution in [-0.2, 0) is 0 Å². The van der Waals surface area contributed by atoms with Crippen molar-refractivity contribution in [3.05, 3.63) is 34.4 Å². The van der Waals surface area contributed by atoms with Gasteiger partial charge in [0, 0.05) is 17.5 Å². The second-order valence-corrected chi connectivity index (χ2v) is 4.99. The summed E-state index contributed by atoms with van der Waals surface area (Å²) in [6.07, 6.45) is -1.85. The van der Waals surface area contributed by atoms with E-state index in [1.165, 1.54) is 6.07 Å². The number of alkyl halides is 2. The van der Waals surface area contributed by atoms with Gasteiger partial charge in [0.05, 0.1) is 0 Å². The van der Waals surface area contributed by atoms with Gasteiger partial charge in [0.15, 0.2) is 0 Å². The molecular formula is C12H12ClF4N. The molecule has 1 unspecified atom stereocenters. The lowest BCUT2D eigenvalue weighted by molar-refractivity contribution is -0.00522. The number of halogens is 5. The third-order valence-electron chi connectivity index (χ3n) is 3.50. The molecule has 0 heterocycles. The summed E-state index contributed by atoms with van der Waals surface area (Å²) in [5.41, 5.74) is 5.90. The fourth-order valence-corrected chi connectivity index (χ4v) is 2.43. The summed E-state index contributed by atoms with van der Waals surface area (Å²) in [5, 5.41) is -0.604. The van der Waals surface area contributed by atoms with Crippen LogP contribution in [-0.4, -0.2) is 6.43 Å². The second-order valence-electron chi connectivity index (χ2n) is 4.62. The molecule has 0 aromatic heterocycles. The fourth-order valence-electron chi connectivity index (χ4n) is 2.26. The average Bonchev–Trinajstić information content (AvgIpc) is 2.23. The van der Waals surface area contributed by atoms with Crippen molar-refractivity contribution in [2.24, 2.45) is 17.6 Å². The van der Waals surface area contributed by atoms with Gasteiger partial charge >= 0.3 is 0 Å². The SMILES string of the molecule is NC(c1ccc(F)c(Cl)c1F)C1CC(C(F)F)C1. The van der Waals surface area contributed by atoms with Crippen molar-refractivity contribution in [2.45, 2.75) is 25.3 Å². The van der Waals surface area contributed by atoms with Crippen LogP contribution in [0.1, 0.15) is 24.4 Å². The van der Waals surface area contributed by atoms with Crippen LogP contribution in [0, 0.1) is 23.5 Å². The van der Waals surface area contributed by atoms with Gasteiger partial charge in [-0.05, 0) is 24.8 Å². The van der Waals surface area contributed by atoms with Crippen molar-refractivity contribution in [2.75, 3.05) is 0 Å². The highest BCUT2D eigenvalue weighted by molar-refractivity contribution is 6.30. The van der Waals surface area contributed by atoms with Crippen molar-refractivity contribution < 1.29 is 17.6 Å². The highest BCUT2D eigenvalue weighted by Gasteiger charge is 2.39. The Morgan fingerprint density at radius 3 is 2.33 bits per heavy atom. The standard InChI is InChI=1S/C12H12ClF4N/c13-9-8(14)2-1-7(10(9)15)11(18)5-3-6(4-5)12(16)17/h1-2,5-6,11-12H,3-4,18H2. The van der Waals surface area contributed by atoms with Gasteiger partial charge in [-0.1, -0.05) is 17.7 Å². The molecule has 1 nitrogen and oxygen atoms in total. The lowest BCUT2D eigenvalue weighted by Gasteiger charge is -2.38. The zero-order valence-electron chi connectivity index (χ0n) is 9.35. The van der Waals surface area contributed by atoms with Gasteiger partial charge < -0.3 is 5.73 Å². The van der Waals surface area contributed by atoms with Crippen LogP contribution < -0.4 is 5.73 Å². The van der Waals surface area contributed by atoms with E-state index < -0.39 is 35.0 Å². The van der Waals surface area contributed by atoms with Gasteiger partial charge in [0.1, 0.15) is 16.7 Å². The van der Waals surface area contributed by atoms with Gasteiger partial charge in [-0.3, -0.25) is 0 Å². The predicted octanol–water partition coefficient (Wildman–Crippen LogP) is 3.91. The molecule has 2 N–H and O–H groups in total. The van der Waals surface area contributed by atoms with E-state index in [9.17, 15) is 17.6 Å². The van der Waals surface area contributed by atoms with Crippen LogP contribution in [0.5, 0.6) is 0 Å². The molecule has 1 saturated carbocycles. The van der Waals surface area contributed by atoms with Crippen molar-refractivity contribution in [1.82, 2.24) is 0 Å². The highest BCUT2D eigenvalue weighted by atomic mass is 35.5. The van der Waals surface area contributed by atoms with Crippen LogP contribution in [0.4, 0.5) is 17.6 Å². The molecule has 0 amide bonds. The number of nitrogens with two attached hydrogens (primary N) is 1. The topological polar surface area (TPSA) is 26.0 Å². The van der Waals surface area contributed by atoms with E-state index in [1.807, 2.05) is 0 Å². The molecule has 0 bridgehead atoms. The molecule has 100 valence electrons. The van der Waals surface area contributed by atoms with E-state index in [0.29, 0.717) is 0 Å². The van der Waals surface area contributed by atoms with E-state index in [1.54, 1.807) is 0 Å².